The Hall–Kier alpha value is -2.17. The fraction of sp³-hybridized carbons (Fsp3) is 0.552. The molecule has 33 heavy (non-hydrogen) atoms. The summed E-state index contributed by atoms with van der Waals surface area (Å²) in [5, 5.41) is 20.9. The zero-order valence-electron chi connectivity index (χ0n) is 19.6. The van der Waals surface area contributed by atoms with Crippen LogP contribution in [-0.2, 0) is 11.3 Å². The Morgan fingerprint density at radius 2 is 1.88 bits per heavy atom. The highest BCUT2D eigenvalue weighted by molar-refractivity contribution is 6.01. The molecule has 0 radical (unpaired) electrons. The number of Topliss-reactive ketones (excluding diaryl/α,β-unsaturated/α-hetero) is 1. The summed E-state index contributed by atoms with van der Waals surface area (Å²) in [6, 6.07) is 15.6. The molecule has 0 aromatic heterocycles. The number of hydrogen-bond donors (Lipinski definition) is 2. The number of ether oxygens (including phenoxy) is 1. The number of ketones is 1. The first-order valence-electron chi connectivity index (χ1n) is 12.7. The van der Waals surface area contributed by atoms with Crippen molar-refractivity contribution in [2.75, 3.05) is 6.61 Å². The van der Waals surface area contributed by atoms with E-state index in [4.69, 9.17) is 4.74 Å². The third-order valence-electron chi connectivity index (χ3n) is 8.95. The minimum absolute atomic E-state index is 0.0339. The van der Waals surface area contributed by atoms with Crippen LogP contribution in [0.1, 0.15) is 79.3 Å². The molecule has 4 nitrogen and oxygen atoms in total. The summed E-state index contributed by atoms with van der Waals surface area (Å²) in [6.07, 6.45) is 6.36. The molecule has 2 aromatic rings. The van der Waals surface area contributed by atoms with Crippen LogP contribution in [0.3, 0.4) is 0 Å². The maximum absolute atomic E-state index is 13.7. The van der Waals surface area contributed by atoms with Crippen LogP contribution in [0.4, 0.5) is 0 Å². The molecule has 2 fully saturated rings. The van der Waals surface area contributed by atoms with E-state index in [0.29, 0.717) is 25.0 Å². The number of hydrogen-bond acceptors (Lipinski definition) is 4. The standard InChI is InChI=1S/C29H36O4/c1-29-15-14-22-21-11-10-20(30)17-24(21)28(32)23(27(22)25(29)12-13-26(29)31)9-5-6-16-33-18-19-7-3-2-4-8-19/h2-4,7-8,10-11,17,22-23,25-27,30-31H,5-6,9,12-16,18H2,1H3. The Morgan fingerprint density at radius 1 is 1.06 bits per heavy atom. The first kappa shape index (κ1) is 22.6. The number of aliphatic hydroxyl groups excluding tert-OH is 1. The quantitative estimate of drug-likeness (QED) is 0.521. The molecule has 4 heteroatoms. The van der Waals surface area contributed by atoms with E-state index in [2.05, 4.69) is 19.1 Å². The van der Waals surface area contributed by atoms with Crippen molar-refractivity contribution in [2.45, 2.75) is 70.5 Å². The van der Waals surface area contributed by atoms with Crippen LogP contribution in [0.25, 0.3) is 0 Å². The van der Waals surface area contributed by atoms with E-state index in [9.17, 15) is 15.0 Å². The van der Waals surface area contributed by atoms with Crippen LogP contribution < -0.4 is 0 Å². The van der Waals surface area contributed by atoms with Crippen LogP contribution in [0, 0.1) is 23.2 Å². The molecule has 0 heterocycles. The second kappa shape index (κ2) is 9.23. The van der Waals surface area contributed by atoms with Gasteiger partial charge in [-0.15, -0.1) is 0 Å². The van der Waals surface area contributed by atoms with Crippen molar-refractivity contribution in [3.8, 4) is 5.75 Å². The largest absolute Gasteiger partial charge is 0.508 e. The summed E-state index contributed by atoms with van der Waals surface area (Å²) in [4.78, 5) is 13.7. The van der Waals surface area contributed by atoms with Crippen LogP contribution in [0.5, 0.6) is 5.75 Å². The van der Waals surface area contributed by atoms with Crippen LogP contribution in [0.15, 0.2) is 48.5 Å². The van der Waals surface area contributed by atoms with Gasteiger partial charge in [-0.2, -0.15) is 0 Å². The van der Waals surface area contributed by atoms with Gasteiger partial charge in [-0.05, 0) is 85.0 Å². The Balaban J connectivity index is 1.30. The fourth-order valence-corrected chi connectivity index (χ4v) is 7.20. The van der Waals surface area contributed by atoms with Crippen molar-refractivity contribution in [3.63, 3.8) is 0 Å². The lowest BCUT2D eigenvalue weighted by atomic mass is 9.51. The SMILES string of the molecule is CC12CCC3c4ccc(O)cc4C(=O)C(CCCCOCc4ccccc4)C3C1CCC2O. The number of aliphatic hydroxyl groups is 1. The number of carbonyl (C=O) groups is 1. The monoisotopic (exact) mass is 448 g/mol. The van der Waals surface area contributed by atoms with Crippen molar-refractivity contribution in [2.24, 2.45) is 23.2 Å². The lowest BCUT2D eigenvalue weighted by Gasteiger charge is -2.52. The van der Waals surface area contributed by atoms with Gasteiger partial charge in [0.2, 0.25) is 0 Å². The van der Waals surface area contributed by atoms with E-state index in [1.54, 1.807) is 12.1 Å². The average Bonchev–Trinajstić information content (AvgIpc) is 3.13. The maximum Gasteiger partial charge on any atom is 0.166 e. The van der Waals surface area contributed by atoms with Gasteiger partial charge < -0.3 is 14.9 Å². The number of aromatic hydroxyl groups is 1. The second-order valence-electron chi connectivity index (χ2n) is 10.7. The fourth-order valence-electron chi connectivity index (χ4n) is 7.20. The number of rotatable bonds is 7. The first-order chi connectivity index (χ1) is 16.0. The first-order valence-corrected chi connectivity index (χ1v) is 12.7. The normalized spacial score (nSPS) is 32.8. The summed E-state index contributed by atoms with van der Waals surface area (Å²) in [7, 11) is 0. The van der Waals surface area contributed by atoms with Crippen molar-refractivity contribution < 1.29 is 19.7 Å². The van der Waals surface area contributed by atoms with E-state index >= 15 is 0 Å². The van der Waals surface area contributed by atoms with Gasteiger partial charge in [0.1, 0.15) is 5.75 Å². The van der Waals surface area contributed by atoms with Crippen molar-refractivity contribution in [1.29, 1.82) is 0 Å². The van der Waals surface area contributed by atoms with Crippen molar-refractivity contribution >= 4 is 5.78 Å². The minimum Gasteiger partial charge on any atom is -0.508 e. The Bertz CT molecular complexity index is 986. The third kappa shape index (κ3) is 4.13. The Kier molecular flexibility index (Phi) is 6.32. The molecule has 0 spiro atoms. The Labute approximate surface area is 197 Å². The minimum atomic E-state index is -0.258. The van der Waals surface area contributed by atoms with Crippen LogP contribution in [-0.4, -0.2) is 28.7 Å². The molecule has 2 saturated carbocycles. The van der Waals surface area contributed by atoms with Gasteiger partial charge in [-0.25, -0.2) is 0 Å². The molecule has 0 aliphatic heterocycles. The van der Waals surface area contributed by atoms with Crippen molar-refractivity contribution in [3.05, 3.63) is 65.2 Å². The molecule has 3 aliphatic rings. The molecule has 176 valence electrons. The highest BCUT2D eigenvalue weighted by Crippen LogP contribution is 2.62. The zero-order valence-corrected chi connectivity index (χ0v) is 19.6. The number of benzene rings is 2. The molecule has 2 aromatic carbocycles. The lowest BCUT2D eigenvalue weighted by Crippen LogP contribution is -2.49. The molecule has 6 unspecified atom stereocenters. The summed E-state index contributed by atoms with van der Waals surface area (Å²) < 4.78 is 5.86. The molecule has 2 N–H and O–H groups in total. The number of carbonyl (C=O) groups excluding carboxylic acids is 1. The Morgan fingerprint density at radius 3 is 2.70 bits per heavy atom. The van der Waals surface area contributed by atoms with Gasteiger partial charge in [-0.3, -0.25) is 4.79 Å². The maximum atomic E-state index is 13.7. The predicted molar refractivity (Wildman–Crippen MR) is 128 cm³/mol. The van der Waals surface area contributed by atoms with Crippen LogP contribution >= 0.6 is 0 Å². The van der Waals surface area contributed by atoms with Gasteiger partial charge in [0.15, 0.2) is 5.78 Å². The summed E-state index contributed by atoms with van der Waals surface area (Å²) in [5.41, 5.74) is 2.95. The summed E-state index contributed by atoms with van der Waals surface area (Å²) in [6.45, 7) is 3.57. The van der Waals surface area contributed by atoms with Gasteiger partial charge in [0.25, 0.3) is 0 Å². The van der Waals surface area contributed by atoms with Gasteiger partial charge in [0.05, 0.1) is 12.7 Å². The second-order valence-corrected chi connectivity index (χ2v) is 10.7. The molecule has 0 bridgehead atoms. The van der Waals surface area contributed by atoms with Crippen LogP contribution in [0.2, 0.25) is 0 Å². The van der Waals surface area contributed by atoms with E-state index in [0.717, 1.165) is 56.1 Å². The van der Waals surface area contributed by atoms with E-state index in [1.165, 1.54) is 5.56 Å². The summed E-state index contributed by atoms with van der Waals surface area (Å²) in [5.74, 6) is 1.35. The molecule has 0 amide bonds. The number of unbranched alkanes of at least 4 members (excludes halogenated alkanes) is 1. The predicted octanol–water partition coefficient (Wildman–Crippen LogP) is 5.86. The number of phenolic OH excluding ortho intramolecular Hbond substituents is 1. The molecule has 0 saturated heterocycles. The summed E-state index contributed by atoms with van der Waals surface area (Å²) >= 11 is 0. The van der Waals surface area contributed by atoms with E-state index in [1.807, 2.05) is 24.3 Å². The smallest absolute Gasteiger partial charge is 0.166 e. The van der Waals surface area contributed by atoms with Crippen molar-refractivity contribution in [1.82, 2.24) is 0 Å². The number of fused-ring (bicyclic) bond motifs is 5. The van der Waals surface area contributed by atoms with Gasteiger partial charge in [0, 0.05) is 18.1 Å². The molecular weight excluding hydrogens is 412 g/mol. The van der Waals surface area contributed by atoms with Gasteiger partial charge >= 0.3 is 0 Å². The topological polar surface area (TPSA) is 66.8 Å². The molecule has 3 aliphatic carbocycles. The highest BCUT2D eigenvalue weighted by atomic mass is 16.5. The van der Waals surface area contributed by atoms with E-state index < -0.39 is 0 Å². The molecule has 5 rings (SSSR count). The molecular formula is C29H36O4. The highest BCUT2D eigenvalue weighted by Gasteiger charge is 2.58. The lowest BCUT2D eigenvalue weighted by molar-refractivity contribution is -0.0352. The third-order valence-corrected chi connectivity index (χ3v) is 8.95. The molecule has 6 atom stereocenters. The average molecular weight is 449 g/mol. The number of phenols is 1. The van der Waals surface area contributed by atoms with E-state index in [-0.39, 0.29) is 34.9 Å². The van der Waals surface area contributed by atoms with Gasteiger partial charge in [-0.1, -0.05) is 49.7 Å². The zero-order chi connectivity index (χ0) is 23.0.